The largest absolute Gasteiger partial charge is 0.454 e. The molecule has 0 atom stereocenters. The lowest BCUT2D eigenvalue weighted by Gasteiger charge is -2.33. The molecule has 200 valence electrons. The van der Waals surface area contributed by atoms with Gasteiger partial charge in [-0.15, -0.1) is 0 Å². The molecule has 7 nitrogen and oxygen atoms in total. The van der Waals surface area contributed by atoms with Crippen LogP contribution >= 0.6 is 0 Å². The summed E-state index contributed by atoms with van der Waals surface area (Å²) < 4.78 is 8.11. The van der Waals surface area contributed by atoms with Crippen molar-refractivity contribution in [1.82, 2.24) is 19.3 Å². The molecule has 1 aromatic carbocycles. The van der Waals surface area contributed by atoms with E-state index in [2.05, 4.69) is 46.7 Å². The zero-order valence-corrected chi connectivity index (χ0v) is 22.3. The van der Waals surface area contributed by atoms with E-state index in [1.54, 1.807) is 6.07 Å². The van der Waals surface area contributed by atoms with Gasteiger partial charge in [0.1, 0.15) is 5.76 Å². The van der Waals surface area contributed by atoms with Crippen LogP contribution in [0.25, 0.3) is 6.08 Å². The fourth-order valence-corrected chi connectivity index (χ4v) is 5.01. The minimum atomic E-state index is -0.0485. The van der Waals surface area contributed by atoms with E-state index < -0.39 is 0 Å². The monoisotopic (exact) mass is 514 g/mol. The fraction of sp³-hybridized carbons (Fsp3) is 0.419. The second kappa shape index (κ2) is 12.3. The van der Waals surface area contributed by atoms with Crippen molar-refractivity contribution in [2.45, 2.75) is 39.3 Å². The molecule has 1 saturated carbocycles. The first kappa shape index (κ1) is 26.0. The standard InChI is InChI=1S/C31H38N4O3/c1-2-16-35(30(36)26-12-13-26)23-27-11-7-18-34(27)24-28-14-15-29(38-28)31(37)33-21-19-32(20-22-33)17-6-10-25-8-4-3-5-9-25/h3-11,14-15,18,26H,2,12-13,16-17,19-24H2,1H3/b10-6+. The van der Waals surface area contributed by atoms with Gasteiger partial charge in [0.25, 0.3) is 5.91 Å². The predicted molar refractivity (Wildman–Crippen MR) is 148 cm³/mol. The quantitative estimate of drug-likeness (QED) is 0.371. The number of hydrogen-bond donors (Lipinski definition) is 0. The van der Waals surface area contributed by atoms with Crippen molar-refractivity contribution in [3.8, 4) is 0 Å². The molecule has 1 saturated heterocycles. The van der Waals surface area contributed by atoms with E-state index in [1.165, 1.54) is 5.56 Å². The fourth-order valence-electron chi connectivity index (χ4n) is 5.01. The molecule has 7 heteroatoms. The Morgan fingerprint density at radius 2 is 1.79 bits per heavy atom. The van der Waals surface area contributed by atoms with Crippen LogP contribution in [0.2, 0.25) is 0 Å². The minimum Gasteiger partial charge on any atom is -0.454 e. The lowest BCUT2D eigenvalue weighted by atomic mass is 10.2. The topological polar surface area (TPSA) is 61.9 Å². The van der Waals surface area contributed by atoms with Crippen LogP contribution in [0.5, 0.6) is 0 Å². The minimum absolute atomic E-state index is 0.0485. The number of rotatable bonds is 11. The van der Waals surface area contributed by atoms with E-state index in [-0.39, 0.29) is 17.7 Å². The van der Waals surface area contributed by atoms with Gasteiger partial charge in [0.2, 0.25) is 5.91 Å². The second-order valence-electron chi connectivity index (χ2n) is 10.3. The third-order valence-electron chi connectivity index (χ3n) is 7.34. The summed E-state index contributed by atoms with van der Waals surface area (Å²) in [6, 6.07) is 18.0. The van der Waals surface area contributed by atoms with Gasteiger partial charge in [-0.1, -0.05) is 49.4 Å². The molecule has 0 unspecified atom stereocenters. The van der Waals surface area contributed by atoms with Crippen molar-refractivity contribution in [2.24, 2.45) is 5.92 Å². The van der Waals surface area contributed by atoms with Gasteiger partial charge in [-0.05, 0) is 49.1 Å². The van der Waals surface area contributed by atoms with Gasteiger partial charge in [-0.25, -0.2) is 0 Å². The number of aromatic nitrogens is 1. The number of amides is 2. The maximum atomic E-state index is 13.1. The van der Waals surface area contributed by atoms with Gasteiger partial charge >= 0.3 is 0 Å². The van der Waals surface area contributed by atoms with Gasteiger partial charge in [-0.3, -0.25) is 14.5 Å². The third-order valence-corrected chi connectivity index (χ3v) is 7.34. The summed E-state index contributed by atoms with van der Waals surface area (Å²) in [7, 11) is 0. The first-order chi connectivity index (χ1) is 18.6. The Morgan fingerprint density at radius 1 is 1.00 bits per heavy atom. The van der Waals surface area contributed by atoms with Crippen LogP contribution in [0.1, 0.15) is 53.8 Å². The molecule has 2 aliphatic rings. The summed E-state index contributed by atoms with van der Waals surface area (Å²) in [4.78, 5) is 32.0. The second-order valence-corrected chi connectivity index (χ2v) is 10.3. The number of benzene rings is 1. The highest BCUT2D eigenvalue weighted by Gasteiger charge is 2.33. The molecule has 3 heterocycles. The highest BCUT2D eigenvalue weighted by atomic mass is 16.4. The number of hydrogen-bond acceptors (Lipinski definition) is 4. The number of carbonyl (C=O) groups is 2. The Balaban J connectivity index is 1.12. The molecule has 0 radical (unpaired) electrons. The summed E-state index contributed by atoms with van der Waals surface area (Å²) in [5, 5.41) is 0. The van der Waals surface area contributed by atoms with Gasteiger partial charge < -0.3 is 18.8 Å². The van der Waals surface area contributed by atoms with Crippen LogP contribution in [0.4, 0.5) is 0 Å². The van der Waals surface area contributed by atoms with Crippen molar-refractivity contribution < 1.29 is 14.0 Å². The normalized spacial score (nSPS) is 16.3. The van der Waals surface area contributed by atoms with E-state index in [1.807, 2.05) is 46.3 Å². The average molecular weight is 515 g/mol. The molecule has 1 aliphatic carbocycles. The molecular formula is C31H38N4O3. The number of furan rings is 1. The average Bonchev–Trinajstić information content (AvgIpc) is 3.54. The maximum Gasteiger partial charge on any atom is 0.289 e. The summed E-state index contributed by atoms with van der Waals surface area (Å²) in [6.07, 6.45) is 9.32. The van der Waals surface area contributed by atoms with Gasteiger partial charge in [0.15, 0.2) is 5.76 Å². The van der Waals surface area contributed by atoms with Crippen LogP contribution in [0, 0.1) is 5.92 Å². The molecule has 38 heavy (non-hydrogen) atoms. The molecule has 2 fully saturated rings. The Bertz CT molecular complexity index is 1230. The molecule has 0 bridgehead atoms. The first-order valence-electron chi connectivity index (χ1n) is 13.9. The number of piperazine rings is 1. The van der Waals surface area contributed by atoms with Crippen LogP contribution in [-0.4, -0.2) is 70.3 Å². The van der Waals surface area contributed by atoms with Crippen molar-refractivity contribution in [2.75, 3.05) is 39.3 Å². The Labute approximate surface area is 225 Å². The van der Waals surface area contributed by atoms with Crippen molar-refractivity contribution in [3.63, 3.8) is 0 Å². The third kappa shape index (κ3) is 6.64. The van der Waals surface area contributed by atoms with Gasteiger partial charge in [0, 0.05) is 57.1 Å². The first-order valence-corrected chi connectivity index (χ1v) is 13.9. The summed E-state index contributed by atoms with van der Waals surface area (Å²) in [5.41, 5.74) is 2.28. The van der Waals surface area contributed by atoms with Gasteiger partial charge in [-0.2, -0.15) is 0 Å². The van der Waals surface area contributed by atoms with Crippen molar-refractivity contribution >= 4 is 17.9 Å². The molecule has 5 rings (SSSR count). The van der Waals surface area contributed by atoms with Crippen LogP contribution in [0.3, 0.4) is 0 Å². The van der Waals surface area contributed by atoms with Crippen molar-refractivity contribution in [1.29, 1.82) is 0 Å². The Kier molecular flexibility index (Phi) is 8.44. The van der Waals surface area contributed by atoms with E-state index in [0.717, 1.165) is 56.9 Å². The lowest BCUT2D eigenvalue weighted by molar-refractivity contribution is -0.133. The van der Waals surface area contributed by atoms with Crippen LogP contribution in [0.15, 0.2) is 71.3 Å². The molecule has 2 aromatic heterocycles. The number of carbonyl (C=O) groups excluding carboxylic acids is 2. The molecule has 1 aliphatic heterocycles. The van der Waals surface area contributed by atoms with E-state index in [0.29, 0.717) is 31.9 Å². The maximum absolute atomic E-state index is 13.1. The van der Waals surface area contributed by atoms with Crippen molar-refractivity contribution in [3.05, 3.63) is 89.6 Å². The molecule has 2 amide bonds. The highest BCUT2D eigenvalue weighted by Crippen LogP contribution is 2.31. The van der Waals surface area contributed by atoms with Crippen LogP contribution < -0.4 is 0 Å². The molecule has 0 N–H and O–H groups in total. The molecular weight excluding hydrogens is 476 g/mol. The molecule has 0 spiro atoms. The Morgan fingerprint density at radius 3 is 2.53 bits per heavy atom. The van der Waals surface area contributed by atoms with Gasteiger partial charge in [0.05, 0.1) is 13.1 Å². The van der Waals surface area contributed by atoms with Crippen LogP contribution in [-0.2, 0) is 17.9 Å². The zero-order chi connectivity index (χ0) is 26.3. The smallest absolute Gasteiger partial charge is 0.289 e. The SMILES string of the molecule is CCCN(Cc1cccn1Cc1ccc(C(=O)N2CCN(C/C=C/c3ccccc3)CC2)o1)C(=O)C1CC1. The Hall–Kier alpha value is -3.58. The van der Waals surface area contributed by atoms with E-state index in [9.17, 15) is 9.59 Å². The summed E-state index contributed by atoms with van der Waals surface area (Å²) in [6.45, 7) is 7.98. The summed E-state index contributed by atoms with van der Waals surface area (Å²) in [5.74, 6) is 1.58. The predicted octanol–water partition coefficient (Wildman–Crippen LogP) is 4.75. The highest BCUT2D eigenvalue weighted by molar-refractivity contribution is 5.91. The van der Waals surface area contributed by atoms with E-state index in [4.69, 9.17) is 4.42 Å². The zero-order valence-electron chi connectivity index (χ0n) is 22.3. The lowest BCUT2D eigenvalue weighted by Crippen LogP contribution is -2.48. The number of nitrogens with zero attached hydrogens (tertiary/aromatic N) is 4. The molecule has 3 aromatic rings. The summed E-state index contributed by atoms with van der Waals surface area (Å²) >= 11 is 0. The van der Waals surface area contributed by atoms with E-state index >= 15 is 0 Å².